The minimum absolute atomic E-state index is 0.180. The van der Waals surface area contributed by atoms with Gasteiger partial charge in [-0.1, -0.05) is 0 Å². The largest absolute Gasteiger partial charge is 0.450 e. The molecule has 0 atom stereocenters. The molecule has 110 valence electrons. The Labute approximate surface area is 114 Å². The van der Waals surface area contributed by atoms with E-state index in [0.717, 1.165) is 13.1 Å². The van der Waals surface area contributed by atoms with E-state index < -0.39 is 5.41 Å². The summed E-state index contributed by atoms with van der Waals surface area (Å²) in [6.07, 6.45) is -0.263. The Hall–Kier alpha value is -1.34. The van der Waals surface area contributed by atoms with Crippen molar-refractivity contribution in [2.75, 3.05) is 39.3 Å². The van der Waals surface area contributed by atoms with Crippen LogP contribution >= 0.6 is 0 Å². The second-order valence-corrected chi connectivity index (χ2v) is 5.32. The van der Waals surface area contributed by atoms with Crippen LogP contribution in [0.15, 0.2) is 0 Å². The molecule has 1 aliphatic rings. The lowest BCUT2D eigenvalue weighted by molar-refractivity contribution is -0.130. The number of nitrogens with one attached hydrogen (secondary N) is 1. The number of ether oxygens (including phenoxy) is 1. The third-order valence-corrected chi connectivity index (χ3v) is 3.26. The first-order valence-corrected chi connectivity index (χ1v) is 6.56. The van der Waals surface area contributed by atoms with Crippen molar-refractivity contribution in [3.8, 4) is 0 Å². The maximum absolute atomic E-state index is 11.6. The third kappa shape index (κ3) is 4.36. The van der Waals surface area contributed by atoms with Crippen molar-refractivity contribution < 1.29 is 14.3 Å². The molecule has 7 nitrogen and oxygen atoms in total. The Kier molecular flexibility index (Phi) is 5.56. The Morgan fingerprint density at radius 3 is 2.32 bits per heavy atom. The van der Waals surface area contributed by atoms with Gasteiger partial charge in [-0.2, -0.15) is 0 Å². The highest BCUT2D eigenvalue weighted by Gasteiger charge is 2.31. The summed E-state index contributed by atoms with van der Waals surface area (Å²) in [5.74, 6) is 4.99. The van der Waals surface area contributed by atoms with Crippen LogP contribution in [0.2, 0.25) is 0 Å². The molecule has 2 amide bonds. The number of piperazine rings is 1. The van der Waals surface area contributed by atoms with E-state index in [1.165, 1.54) is 0 Å². The average molecular weight is 272 g/mol. The molecular weight excluding hydrogens is 248 g/mol. The monoisotopic (exact) mass is 272 g/mol. The molecule has 7 heteroatoms. The van der Waals surface area contributed by atoms with Crippen LogP contribution in [-0.2, 0) is 9.53 Å². The molecule has 19 heavy (non-hydrogen) atoms. The van der Waals surface area contributed by atoms with Gasteiger partial charge in [0.05, 0.1) is 12.0 Å². The zero-order valence-corrected chi connectivity index (χ0v) is 11.9. The van der Waals surface area contributed by atoms with E-state index in [2.05, 4.69) is 10.3 Å². The van der Waals surface area contributed by atoms with Gasteiger partial charge in [0, 0.05) is 32.7 Å². The number of hydrogen-bond donors (Lipinski definition) is 2. The molecule has 0 saturated carbocycles. The molecule has 0 spiro atoms. The standard InChI is InChI=1S/C12H24N4O3/c1-4-19-11(18)16-7-5-15(6-8-16)9-12(2,3)10(17)14-13/h4-9,13H2,1-3H3,(H,14,17). The number of hydrazine groups is 1. The summed E-state index contributed by atoms with van der Waals surface area (Å²) in [5.41, 5.74) is 1.65. The molecule has 3 N–H and O–H groups in total. The lowest BCUT2D eigenvalue weighted by atomic mass is 9.91. The van der Waals surface area contributed by atoms with Gasteiger partial charge in [0.25, 0.3) is 0 Å². The van der Waals surface area contributed by atoms with Gasteiger partial charge in [-0.05, 0) is 20.8 Å². The fourth-order valence-corrected chi connectivity index (χ4v) is 2.13. The van der Waals surface area contributed by atoms with Gasteiger partial charge in [-0.3, -0.25) is 15.1 Å². The van der Waals surface area contributed by atoms with E-state index in [9.17, 15) is 9.59 Å². The van der Waals surface area contributed by atoms with Crippen LogP contribution in [0, 0.1) is 5.41 Å². The molecular formula is C12H24N4O3. The summed E-state index contributed by atoms with van der Waals surface area (Å²) in [5, 5.41) is 0. The Morgan fingerprint density at radius 2 is 1.84 bits per heavy atom. The second kappa shape index (κ2) is 6.72. The highest BCUT2D eigenvalue weighted by molar-refractivity contribution is 5.81. The normalized spacial score (nSPS) is 17.2. The number of hydrogen-bond acceptors (Lipinski definition) is 5. The zero-order chi connectivity index (χ0) is 14.5. The van der Waals surface area contributed by atoms with Crippen LogP contribution < -0.4 is 11.3 Å². The molecule has 0 aromatic rings. The smallest absolute Gasteiger partial charge is 0.409 e. The van der Waals surface area contributed by atoms with Gasteiger partial charge in [-0.15, -0.1) is 0 Å². The predicted molar refractivity (Wildman–Crippen MR) is 71.1 cm³/mol. The van der Waals surface area contributed by atoms with Gasteiger partial charge in [0.1, 0.15) is 0 Å². The molecule has 0 aromatic carbocycles. The van der Waals surface area contributed by atoms with Crippen LogP contribution in [0.4, 0.5) is 4.79 Å². The molecule has 0 aliphatic carbocycles. The maximum Gasteiger partial charge on any atom is 0.409 e. The van der Waals surface area contributed by atoms with Gasteiger partial charge in [-0.25, -0.2) is 10.6 Å². The Bertz CT molecular complexity index is 325. The summed E-state index contributed by atoms with van der Waals surface area (Å²) >= 11 is 0. The second-order valence-electron chi connectivity index (χ2n) is 5.32. The third-order valence-electron chi connectivity index (χ3n) is 3.26. The average Bonchev–Trinajstić information content (AvgIpc) is 2.38. The predicted octanol–water partition coefficient (Wildman–Crippen LogP) is -0.223. The molecule has 0 bridgehead atoms. The van der Waals surface area contributed by atoms with Crippen LogP contribution in [0.25, 0.3) is 0 Å². The first kappa shape index (κ1) is 15.7. The van der Waals surface area contributed by atoms with Crippen LogP contribution in [0.5, 0.6) is 0 Å². The lowest BCUT2D eigenvalue weighted by Gasteiger charge is -2.37. The van der Waals surface area contributed by atoms with Crippen LogP contribution in [0.1, 0.15) is 20.8 Å². The number of rotatable bonds is 4. The summed E-state index contributed by atoms with van der Waals surface area (Å²) in [6.45, 7) is 9.23. The van der Waals surface area contributed by atoms with Crippen molar-refractivity contribution >= 4 is 12.0 Å². The molecule has 1 saturated heterocycles. The molecule has 0 aromatic heterocycles. The number of nitrogens with two attached hydrogens (primary N) is 1. The zero-order valence-electron chi connectivity index (χ0n) is 11.9. The summed E-state index contributed by atoms with van der Waals surface area (Å²) in [6, 6.07) is 0. The van der Waals surface area contributed by atoms with Crippen molar-refractivity contribution in [2.24, 2.45) is 11.3 Å². The summed E-state index contributed by atoms with van der Waals surface area (Å²) in [4.78, 5) is 27.0. The minimum Gasteiger partial charge on any atom is -0.450 e. The van der Waals surface area contributed by atoms with Crippen LogP contribution in [-0.4, -0.2) is 61.1 Å². The summed E-state index contributed by atoms with van der Waals surface area (Å²) < 4.78 is 4.96. The summed E-state index contributed by atoms with van der Waals surface area (Å²) in [7, 11) is 0. The fraction of sp³-hybridized carbons (Fsp3) is 0.833. The Morgan fingerprint density at radius 1 is 1.26 bits per heavy atom. The van der Waals surface area contributed by atoms with E-state index in [0.29, 0.717) is 26.2 Å². The van der Waals surface area contributed by atoms with E-state index in [1.54, 1.807) is 11.8 Å². The first-order chi connectivity index (χ1) is 8.90. The number of carbonyl (C=O) groups excluding carboxylic acids is 2. The van der Waals surface area contributed by atoms with Gasteiger partial charge in [0.15, 0.2) is 0 Å². The van der Waals surface area contributed by atoms with Gasteiger partial charge >= 0.3 is 6.09 Å². The van der Waals surface area contributed by atoms with E-state index in [4.69, 9.17) is 10.6 Å². The number of nitrogens with zero attached hydrogens (tertiary/aromatic N) is 2. The minimum atomic E-state index is -0.541. The van der Waals surface area contributed by atoms with Crippen molar-refractivity contribution in [1.82, 2.24) is 15.2 Å². The van der Waals surface area contributed by atoms with E-state index in [-0.39, 0.29) is 12.0 Å². The van der Waals surface area contributed by atoms with Crippen LogP contribution in [0.3, 0.4) is 0 Å². The van der Waals surface area contributed by atoms with E-state index in [1.807, 2.05) is 13.8 Å². The molecule has 1 fully saturated rings. The quantitative estimate of drug-likeness (QED) is 0.419. The topological polar surface area (TPSA) is 87.9 Å². The Balaban J connectivity index is 2.42. The fourth-order valence-electron chi connectivity index (χ4n) is 2.13. The molecule has 1 rings (SSSR count). The first-order valence-electron chi connectivity index (χ1n) is 6.56. The number of amides is 2. The van der Waals surface area contributed by atoms with Crippen molar-refractivity contribution in [1.29, 1.82) is 0 Å². The molecule has 1 heterocycles. The highest BCUT2D eigenvalue weighted by atomic mass is 16.6. The van der Waals surface area contributed by atoms with E-state index >= 15 is 0 Å². The SMILES string of the molecule is CCOC(=O)N1CCN(CC(C)(C)C(=O)NN)CC1. The van der Waals surface area contributed by atoms with Gasteiger partial charge < -0.3 is 9.64 Å². The molecule has 0 radical (unpaired) electrons. The molecule has 0 unspecified atom stereocenters. The van der Waals surface area contributed by atoms with Crippen molar-refractivity contribution in [3.05, 3.63) is 0 Å². The number of carbonyl (C=O) groups is 2. The van der Waals surface area contributed by atoms with Crippen molar-refractivity contribution in [3.63, 3.8) is 0 Å². The van der Waals surface area contributed by atoms with Crippen molar-refractivity contribution in [2.45, 2.75) is 20.8 Å². The lowest BCUT2D eigenvalue weighted by Crippen LogP contribution is -2.53. The maximum atomic E-state index is 11.6. The highest BCUT2D eigenvalue weighted by Crippen LogP contribution is 2.18. The van der Waals surface area contributed by atoms with Gasteiger partial charge in [0.2, 0.25) is 5.91 Å². The molecule has 1 aliphatic heterocycles.